The summed E-state index contributed by atoms with van der Waals surface area (Å²) in [6.45, 7) is 9.30. The van der Waals surface area contributed by atoms with Gasteiger partial charge in [-0.1, -0.05) is 49.9 Å². The molecule has 2 aromatic carbocycles. The number of aryl methyl sites for hydroxylation is 1. The Labute approximate surface area is 231 Å². The number of rotatable bonds is 20. The Morgan fingerprint density at radius 2 is 1.26 bits per heavy atom. The summed E-state index contributed by atoms with van der Waals surface area (Å²) >= 11 is 0. The SMILES string of the molecule is NCCCCCCCNCc1cc(CCCCCNCCCN)cc(-c2ccc(N3CCOCC3)cc2)c1. The van der Waals surface area contributed by atoms with E-state index in [9.17, 15) is 0 Å². The van der Waals surface area contributed by atoms with Gasteiger partial charge in [-0.15, -0.1) is 0 Å². The largest absolute Gasteiger partial charge is 0.378 e. The van der Waals surface area contributed by atoms with E-state index in [0.717, 1.165) is 84.8 Å². The zero-order chi connectivity index (χ0) is 26.7. The fraction of sp³-hybridized carbons (Fsp3) is 0.625. The highest BCUT2D eigenvalue weighted by Crippen LogP contribution is 2.27. The first-order chi connectivity index (χ1) is 18.8. The molecule has 6 heteroatoms. The summed E-state index contributed by atoms with van der Waals surface area (Å²) in [7, 11) is 0. The molecule has 38 heavy (non-hydrogen) atoms. The molecular weight excluding hydrogens is 470 g/mol. The Morgan fingerprint density at radius 1 is 0.632 bits per heavy atom. The van der Waals surface area contributed by atoms with Crippen molar-refractivity contribution in [3.05, 3.63) is 53.6 Å². The van der Waals surface area contributed by atoms with Gasteiger partial charge in [-0.25, -0.2) is 0 Å². The van der Waals surface area contributed by atoms with Crippen LogP contribution in [0.4, 0.5) is 5.69 Å². The average Bonchev–Trinajstić information content (AvgIpc) is 2.96. The monoisotopic (exact) mass is 523 g/mol. The number of hydrogen-bond donors (Lipinski definition) is 4. The maximum Gasteiger partial charge on any atom is 0.0642 e. The Morgan fingerprint density at radius 3 is 2.03 bits per heavy atom. The molecule has 0 bridgehead atoms. The van der Waals surface area contributed by atoms with Crippen molar-refractivity contribution in [2.45, 2.75) is 70.8 Å². The molecule has 6 nitrogen and oxygen atoms in total. The predicted octanol–water partition coefficient (Wildman–Crippen LogP) is 4.84. The molecule has 0 radical (unpaired) electrons. The first kappa shape index (κ1) is 30.6. The third-order valence-electron chi connectivity index (χ3n) is 7.39. The van der Waals surface area contributed by atoms with Gasteiger partial charge in [-0.2, -0.15) is 0 Å². The molecule has 1 heterocycles. The summed E-state index contributed by atoms with van der Waals surface area (Å²) in [6, 6.07) is 16.3. The maximum absolute atomic E-state index is 5.61. The van der Waals surface area contributed by atoms with Crippen LogP contribution in [0, 0.1) is 0 Å². The second-order valence-corrected chi connectivity index (χ2v) is 10.6. The summed E-state index contributed by atoms with van der Waals surface area (Å²) in [5.41, 5.74) is 17.9. The van der Waals surface area contributed by atoms with E-state index in [4.69, 9.17) is 16.2 Å². The van der Waals surface area contributed by atoms with E-state index < -0.39 is 0 Å². The standard InChI is InChI=1S/C32H53N5O/c33-15-6-2-1-3-7-18-36-27-29-24-28(10-5-4-8-17-35-19-9-16-34)25-31(26-29)30-11-13-32(14-12-30)37-20-22-38-23-21-37/h11-14,24-26,35-36H,1-10,15-23,27,33-34H2. The molecule has 1 aliphatic rings. The van der Waals surface area contributed by atoms with Gasteiger partial charge in [0, 0.05) is 25.3 Å². The number of nitrogens with one attached hydrogen (secondary N) is 2. The van der Waals surface area contributed by atoms with Crippen molar-refractivity contribution in [2.24, 2.45) is 11.5 Å². The molecule has 0 unspecified atom stereocenters. The molecule has 0 saturated carbocycles. The molecule has 0 amide bonds. The Hall–Kier alpha value is -1.96. The van der Waals surface area contributed by atoms with Gasteiger partial charge in [0.05, 0.1) is 13.2 Å². The van der Waals surface area contributed by atoms with E-state index >= 15 is 0 Å². The van der Waals surface area contributed by atoms with Crippen LogP contribution in [-0.2, 0) is 17.7 Å². The minimum atomic E-state index is 0.769. The van der Waals surface area contributed by atoms with Crippen molar-refractivity contribution >= 4 is 5.69 Å². The molecule has 0 aliphatic carbocycles. The van der Waals surface area contributed by atoms with Gasteiger partial charge in [0.2, 0.25) is 0 Å². The lowest BCUT2D eigenvalue weighted by atomic mass is 9.96. The highest BCUT2D eigenvalue weighted by atomic mass is 16.5. The number of nitrogens with two attached hydrogens (primary N) is 2. The van der Waals surface area contributed by atoms with Crippen LogP contribution in [0.15, 0.2) is 42.5 Å². The highest BCUT2D eigenvalue weighted by Gasteiger charge is 2.11. The van der Waals surface area contributed by atoms with Crippen LogP contribution in [0.1, 0.15) is 68.9 Å². The third kappa shape index (κ3) is 11.8. The van der Waals surface area contributed by atoms with E-state index in [1.54, 1.807) is 0 Å². The van der Waals surface area contributed by atoms with Gasteiger partial charge in [-0.05, 0) is 112 Å². The zero-order valence-electron chi connectivity index (χ0n) is 23.7. The summed E-state index contributed by atoms with van der Waals surface area (Å²) in [6.07, 6.45) is 12.1. The van der Waals surface area contributed by atoms with Gasteiger partial charge < -0.3 is 31.7 Å². The molecule has 0 aromatic heterocycles. The van der Waals surface area contributed by atoms with E-state index in [0.29, 0.717) is 0 Å². The molecule has 1 fully saturated rings. The lowest BCUT2D eigenvalue weighted by Gasteiger charge is -2.29. The number of hydrogen-bond acceptors (Lipinski definition) is 6. The van der Waals surface area contributed by atoms with Gasteiger partial charge in [-0.3, -0.25) is 0 Å². The highest BCUT2D eigenvalue weighted by molar-refractivity contribution is 5.68. The van der Waals surface area contributed by atoms with Crippen molar-refractivity contribution in [3.63, 3.8) is 0 Å². The molecule has 2 aromatic rings. The van der Waals surface area contributed by atoms with Crippen LogP contribution in [-0.4, -0.2) is 59.0 Å². The third-order valence-corrected chi connectivity index (χ3v) is 7.39. The number of ether oxygens (including phenoxy) is 1. The van der Waals surface area contributed by atoms with Gasteiger partial charge in [0.15, 0.2) is 0 Å². The normalized spacial score (nSPS) is 13.8. The van der Waals surface area contributed by atoms with Crippen LogP contribution >= 0.6 is 0 Å². The fourth-order valence-electron chi connectivity index (χ4n) is 5.13. The van der Waals surface area contributed by atoms with Gasteiger partial charge in [0.1, 0.15) is 0 Å². The number of anilines is 1. The maximum atomic E-state index is 5.61. The van der Waals surface area contributed by atoms with Crippen LogP contribution < -0.4 is 27.0 Å². The number of unbranched alkanes of at least 4 members (excludes halogenated alkanes) is 6. The zero-order valence-corrected chi connectivity index (χ0v) is 23.7. The van der Waals surface area contributed by atoms with Crippen LogP contribution in [0.3, 0.4) is 0 Å². The average molecular weight is 524 g/mol. The lowest BCUT2D eigenvalue weighted by Crippen LogP contribution is -2.36. The van der Waals surface area contributed by atoms with Crippen molar-refractivity contribution in [3.8, 4) is 11.1 Å². The van der Waals surface area contributed by atoms with Crippen LogP contribution in [0.2, 0.25) is 0 Å². The van der Waals surface area contributed by atoms with Crippen molar-refractivity contribution in [1.82, 2.24) is 10.6 Å². The van der Waals surface area contributed by atoms with E-state index in [1.807, 2.05) is 0 Å². The van der Waals surface area contributed by atoms with Crippen LogP contribution in [0.25, 0.3) is 11.1 Å². The molecule has 0 atom stereocenters. The second-order valence-electron chi connectivity index (χ2n) is 10.6. The Bertz CT molecular complexity index is 828. The number of nitrogens with zero attached hydrogens (tertiary/aromatic N) is 1. The lowest BCUT2D eigenvalue weighted by molar-refractivity contribution is 0.122. The first-order valence-corrected chi connectivity index (χ1v) is 15.2. The van der Waals surface area contributed by atoms with Crippen molar-refractivity contribution < 1.29 is 4.74 Å². The van der Waals surface area contributed by atoms with Crippen molar-refractivity contribution in [1.29, 1.82) is 0 Å². The number of morpholine rings is 1. The second kappa shape index (κ2) is 19.2. The van der Waals surface area contributed by atoms with Crippen LogP contribution in [0.5, 0.6) is 0 Å². The van der Waals surface area contributed by atoms with E-state index in [-0.39, 0.29) is 0 Å². The molecule has 212 valence electrons. The van der Waals surface area contributed by atoms with Gasteiger partial charge in [0.25, 0.3) is 0 Å². The molecule has 3 rings (SSSR count). The molecule has 0 spiro atoms. The fourth-order valence-corrected chi connectivity index (χ4v) is 5.13. The topological polar surface area (TPSA) is 88.6 Å². The number of benzene rings is 2. The summed E-state index contributed by atoms with van der Waals surface area (Å²) in [5, 5.41) is 7.19. The van der Waals surface area contributed by atoms with E-state index in [1.165, 1.54) is 72.9 Å². The smallest absolute Gasteiger partial charge is 0.0642 e. The summed E-state index contributed by atoms with van der Waals surface area (Å²) in [5.74, 6) is 0. The summed E-state index contributed by atoms with van der Waals surface area (Å²) in [4.78, 5) is 2.42. The molecule has 1 saturated heterocycles. The van der Waals surface area contributed by atoms with E-state index in [2.05, 4.69) is 58.0 Å². The van der Waals surface area contributed by atoms with Crippen molar-refractivity contribution in [2.75, 3.05) is 63.9 Å². The predicted molar refractivity (Wildman–Crippen MR) is 163 cm³/mol. The Balaban J connectivity index is 1.56. The minimum absolute atomic E-state index is 0.769. The molecule has 1 aliphatic heterocycles. The van der Waals surface area contributed by atoms with Gasteiger partial charge >= 0.3 is 0 Å². The molecule has 6 N–H and O–H groups in total. The molecular formula is C32H53N5O. The first-order valence-electron chi connectivity index (χ1n) is 15.2. The quantitative estimate of drug-likeness (QED) is 0.186. The minimum Gasteiger partial charge on any atom is -0.378 e. The summed E-state index contributed by atoms with van der Waals surface area (Å²) < 4.78 is 5.52. The Kier molecular flexibility index (Phi) is 15.4.